The molecule has 1 heteroatoms. The molecule has 1 atom stereocenters. The van der Waals surface area contributed by atoms with Crippen LogP contribution >= 0.6 is 0 Å². The number of carbonyl (C=O) groups excluding carboxylic acids is 1. The van der Waals surface area contributed by atoms with Gasteiger partial charge in [0.2, 0.25) is 0 Å². The van der Waals surface area contributed by atoms with Crippen LogP contribution in [0, 0.1) is 11.3 Å². The minimum absolute atomic E-state index is 0.0982. The molecule has 0 aromatic heterocycles. The lowest BCUT2D eigenvalue weighted by molar-refractivity contribution is -0.118. The Morgan fingerprint density at radius 1 is 1.38 bits per heavy atom. The predicted molar refractivity (Wildman–Crippen MR) is 69.3 cm³/mol. The predicted octanol–water partition coefficient (Wildman–Crippen LogP) is 4.29. The maximum atomic E-state index is 11.8. The normalized spacial score (nSPS) is 32.4. The molecule has 0 N–H and O–H groups in total. The number of hydrogen-bond donors (Lipinski definition) is 0. The third-order valence-corrected chi connectivity index (χ3v) is 3.37. The molecule has 16 heavy (non-hydrogen) atoms. The van der Waals surface area contributed by atoms with Gasteiger partial charge in [0.05, 0.1) is 0 Å². The summed E-state index contributed by atoms with van der Waals surface area (Å²) in [5, 5.41) is 0. The maximum absolute atomic E-state index is 11.8. The molecule has 0 amide bonds. The summed E-state index contributed by atoms with van der Waals surface area (Å²) in [6.45, 7) is 8.60. The second kappa shape index (κ2) is 5.47. The molecule has 1 rings (SSSR count). The second-order valence-corrected chi connectivity index (χ2v) is 5.77. The van der Waals surface area contributed by atoms with E-state index in [-0.39, 0.29) is 17.1 Å². The lowest BCUT2D eigenvalue weighted by Gasteiger charge is -2.18. The molecule has 1 aliphatic rings. The minimum atomic E-state index is 0.0982. The Morgan fingerprint density at radius 3 is 2.75 bits per heavy atom. The molecular weight excluding hydrogens is 196 g/mol. The first kappa shape index (κ1) is 13.2. The monoisotopic (exact) mass is 220 g/mol. The smallest absolute Gasteiger partial charge is 0.158 e. The van der Waals surface area contributed by atoms with E-state index in [0.29, 0.717) is 0 Å². The standard InChI is InChI=1S/C15H24O/c1-12-6-5-7-13(2)14(16)9-11-15(3,4)10-8-12/h8-9,11,13H,5-7,10H2,1-4H3/b11-9+,12-8+/t13-/m0/s1. The van der Waals surface area contributed by atoms with Crippen molar-refractivity contribution in [1.29, 1.82) is 0 Å². The van der Waals surface area contributed by atoms with E-state index in [9.17, 15) is 4.79 Å². The number of carbonyl (C=O) groups is 1. The molecular formula is C15H24O. The largest absolute Gasteiger partial charge is 0.295 e. The first-order valence-electron chi connectivity index (χ1n) is 6.29. The Morgan fingerprint density at radius 2 is 2.06 bits per heavy atom. The van der Waals surface area contributed by atoms with Crippen LogP contribution in [0.25, 0.3) is 0 Å². The van der Waals surface area contributed by atoms with Crippen LogP contribution in [0.15, 0.2) is 23.8 Å². The van der Waals surface area contributed by atoms with Gasteiger partial charge in [0.25, 0.3) is 0 Å². The van der Waals surface area contributed by atoms with E-state index in [1.807, 2.05) is 6.92 Å². The second-order valence-electron chi connectivity index (χ2n) is 5.77. The van der Waals surface area contributed by atoms with Crippen LogP contribution in [0.1, 0.15) is 53.4 Å². The fourth-order valence-corrected chi connectivity index (χ4v) is 1.91. The lowest BCUT2D eigenvalue weighted by Crippen LogP contribution is -2.10. The zero-order valence-corrected chi connectivity index (χ0v) is 11.0. The van der Waals surface area contributed by atoms with Crippen molar-refractivity contribution < 1.29 is 4.79 Å². The third kappa shape index (κ3) is 4.34. The third-order valence-electron chi connectivity index (χ3n) is 3.37. The van der Waals surface area contributed by atoms with E-state index in [1.54, 1.807) is 6.08 Å². The first-order valence-corrected chi connectivity index (χ1v) is 6.29. The van der Waals surface area contributed by atoms with Crippen molar-refractivity contribution in [1.82, 2.24) is 0 Å². The van der Waals surface area contributed by atoms with E-state index >= 15 is 0 Å². The molecule has 0 spiro atoms. The Kier molecular flexibility index (Phi) is 4.52. The van der Waals surface area contributed by atoms with Crippen molar-refractivity contribution in [2.24, 2.45) is 11.3 Å². The minimum Gasteiger partial charge on any atom is -0.295 e. The Labute approximate surface area is 99.6 Å². The van der Waals surface area contributed by atoms with Gasteiger partial charge in [-0.15, -0.1) is 0 Å². The van der Waals surface area contributed by atoms with Gasteiger partial charge in [-0.1, -0.05) is 38.5 Å². The number of allylic oxidation sites excluding steroid dienone is 4. The van der Waals surface area contributed by atoms with Crippen LogP contribution < -0.4 is 0 Å². The highest BCUT2D eigenvalue weighted by Crippen LogP contribution is 2.26. The SMILES string of the molecule is C/C1=C\CC(C)(C)/C=C/C(=O)[C@@H](C)CCC1. The van der Waals surface area contributed by atoms with E-state index in [4.69, 9.17) is 0 Å². The van der Waals surface area contributed by atoms with Gasteiger partial charge in [-0.25, -0.2) is 0 Å². The maximum Gasteiger partial charge on any atom is 0.158 e. The topological polar surface area (TPSA) is 17.1 Å². The van der Waals surface area contributed by atoms with Crippen LogP contribution in [0.4, 0.5) is 0 Å². The molecule has 0 bridgehead atoms. The van der Waals surface area contributed by atoms with Crippen molar-refractivity contribution in [2.45, 2.75) is 53.4 Å². The molecule has 0 aromatic carbocycles. The van der Waals surface area contributed by atoms with E-state index in [1.165, 1.54) is 5.57 Å². The van der Waals surface area contributed by atoms with Gasteiger partial charge in [-0.2, -0.15) is 0 Å². The van der Waals surface area contributed by atoms with Gasteiger partial charge < -0.3 is 0 Å². The van der Waals surface area contributed by atoms with E-state index < -0.39 is 0 Å². The van der Waals surface area contributed by atoms with Crippen LogP contribution in [0.5, 0.6) is 0 Å². The summed E-state index contributed by atoms with van der Waals surface area (Å²) in [7, 11) is 0. The zero-order chi connectivity index (χ0) is 12.2. The molecule has 90 valence electrons. The quantitative estimate of drug-likeness (QED) is 0.556. The molecule has 0 saturated carbocycles. The molecule has 0 saturated heterocycles. The summed E-state index contributed by atoms with van der Waals surface area (Å²) in [6.07, 6.45) is 10.5. The fourth-order valence-electron chi connectivity index (χ4n) is 1.91. The first-order chi connectivity index (χ1) is 7.41. The van der Waals surface area contributed by atoms with Crippen molar-refractivity contribution in [3.05, 3.63) is 23.8 Å². The molecule has 1 aliphatic carbocycles. The van der Waals surface area contributed by atoms with Gasteiger partial charge >= 0.3 is 0 Å². The molecule has 0 aliphatic heterocycles. The van der Waals surface area contributed by atoms with Crippen LogP contribution in [0.2, 0.25) is 0 Å². The van der Waals surface area contributed by atoms with Crippen molar-refractivity contribution in [3.63, 3.8) is 0 Å². The van der Waals surface area contributed by atoms with Gasteiger partial charge in [-0.3, -0.25) is 4.79 Å². The zero-order valence-electron chi connectivity index (χ0n) is 11.0. The Hall–Kier alpha value is -0.850. The number of ketones is 1. The van der Waals surface area contributed by atoms with E-state index in [0.717, 1.165) is 25.7 Å². The van der Waals surface area contributed by atoms with Gasteiger partial charge in [0.1, 0.15) is 0 Å². The van der Waals surface area contributed by atoms with Crippen LogP contribution in [0.3, 0.4) is 0 Å². The molecule has 0 unspecified atom stereocenters. The molecule has 0 radical (unpaired) electrons. The van der Waals surface area contributed by atoms with E-state index in [2.05, 4.69) is 32.9 Å². The highest BCUT2D eigenvalue weighted by Gasteiger charge is 2.16. The van der Waals surface area contributed by atoms with Crippen molar-refractivity contribution in [2.75, 3.05) is 0 Å². The summed E-state index contributed by atoms with van der Waals surface area (Å²) >= 11 is 0. The van der Waals surface area contributed by atoms with Gasteiger partial charge in [0.15, 0.2) is 5.78 Å². The fraction of sp³-hybridized carbons (Fsp3) is 0.667. The highest BCUT2D eigenvalue weighted by molar-refractivity contribution is 5.91. The summed E-state index contributed by atoms with van der Waals surface area (Å²) in [5.41, 5.74) is 1.56. The summed E-state index contributed by atoms with van der Waals surface area (Å²) in [4.78, 5) is 11.8. The van der Waals surface area contributed by atoms with Crippen LogP contribution in [-0.2, 0) is 4.79 Å². The molecule has 0 fully saturated rings. The summed E-state index contributed by atoms with van der Waals surface area (Å²) in [6, 6.07) is 0. The number of rotatable bonds is 0. The van der Waals surface area contributed by atoms with Gasteiger partial charge in [0, 0.05) is 5.92 Å². The molecule has 1 nitrogen and oxygen atoms in total. The summed E-state index contributed by atoms with van der Waals surface area (Å²) in [5.74, 6) is 0.463. The lowest BCUT2D eigenvalue weighted by atomic mass is 9.87. The Balaban J connectivity index is 2.83. The average Bonchev–Trinajstić information content (AvgIpc) is 2.23. The van der Waals surface area contributed by atoms with Gasteiger partial charge in [-0.05, 0) is 44.1 Å². The summed E-state index contributed by atoms with van der Waals surface area (Å²) < 4.78 is 0. The molecule has 0 heterocycles. The molecule has 0 aromatic rings. The highest BCUT2D eigenvalue weighted by atomic mass is 16.1. The van der Waals surface area contributed by atoms with Crippen LogP contribution in [-0.4, -0.2) is 5.78 Å². The Bertz CT molecular complexity index is 307. The number of hydrogen-bond acceptors (Lipinski definition) is 1. The van der Waals surface area contributed by atoms with Crippen molar-refractivity contribution >= 4 is 5.78 Å². The average molecular weight is 220 g/mol. The van der Waals surface area contributed by atoms with Crippen molar-refractivity contribution in [3.8, 4) is 0 Å².